The number of halogens is 2. The van der Waals surface area contributed by atoms with Gasteiger partial charge < -0.3 is 14.8 Å². The van der Waals surface area contributed by atoms with E-state index in [1.54, 1.807) is 24.3 Å². The van der Waals surface area contributed by atoms with Crippen molar-refractivity contribution >= 4 is 27.5 Å². The van der Waals surface area contributed by atoms with Crippen LogP contribution in [-0.4, -0.2) is 19.1 Å². The van der Waals surface area contributed by atoms with Crippen molar-refractivity contribution in [1.29, 1.82) is 5.26 Å². The summed E-state index contributed by atoms with van der Waals surface area (Å²) >= 11 is 3.16. The van der Waals surface area contributed by atoms with E-state index in [1.165, 1.54) is 18.2 Å². The van der Waals surface area contributed by atoms with Gasteiger partial charge in [0.05, 0.1) is 4.47 Å². The van der Waals surface area contributed by atoms with E-state index in [9.17, 15) is 9.18 Å². The van der Waals surface area contributed by atoms with Gasteiger partial charge in [-0.2, -0.15) is 5.26 Å². The summed E-state index contributed by atoms with van der Waals surface area (Å²) < 4.78 is 23.8. The predicted octanol–water partition coefficient (Wildman–Crippen LogP) is 3.51. The molecule has 0 fully saturated rings. The Morgan fingerprint density at radius 3 is 2.61 bits per heavy atom. The molecule has 5 nitrogen and oxygen atoms in total. The lowest BCUT2D eigenvalue weighted by molar-refractivity contribution is -0.118. The van der Waals surface area contributed by atoms with Crippen LogP contribution in [0, 0.1) is 17.1 Å². The number of nitrogens with one attached hydrogen (secondary N) is 1. The standard InChI is InChI=1S/C16H12BrFN2O3/c17-14-9-11(18)1-6-15(14)23-10-16(21)20-12-2-4-13(5-3-12)22-8-7-19/h1-6,9H,8,10H2,(H,20,21). The van der Waals surface area contributed by atoms with Crippen molar-refractivity contribution in [2.45, 2.75) is 0 Å². The summed E-state index contributed by atoms with van der Waals surface area (Å²) in [6.45, 7) is -0.247. The van der Waals surface area contributed by atoms with E-state index in [4.69, 9.17) is 14.7 Å². The number of nitriles is 1. The van der Waals surface area contributed by atoms with Crippen LogP contribution in [-0.2, 0) is 4.79 Å². The second kappa shape index (κ2) is 8.15. The van der Waals surface area contributed by atoms with E-state index in [0.717, 1.165) is 0 Å². The molecule has 0 spiro atoms. The predicted molar refractivity (Wildman–Crippen MR) is 85.8 cm³/mol. The van der Waals surface area contributed by atoms with Crippen LogP contribution >= 0.6 is 15.9 Å². The molecule has 0 bridgehead atoms. The zero-order chi connectivity index (χ0) is 16.7. The third kappa shape index (κ3) is 5.27. The average Bonchev–Trinajstić information content (AvgIpc) is 2.53. The van der Waals surface area contributed by atoms with Gasteiger partial charge in [-0.25, -0.2) is 4.39 Å². The van der Waals surface area contributed by atoms with Crippen LogP contribution in [0.25, 0.3) is 0 Å². The maximum atomic E-state index is 13.0. The fraction of sp³-hybridized carbons (Fsp3) is 0.125. The van der Waals surface area contributed by atoms with Gasteiger partial charge in [0.25, 0.3) is 5.91 Å². The van der Waals surface area contributed by atoms with E-state index in [2.05, 4.69) is 21.2 Å². The number of hydrogen-bond donors (Lipinski definition) is 1. The molecule has 0 unspecified atom stereocenters. The van der Waals surface area contributed by atoms with E-state index >= 15 is 0 Å². The van der Waals surface area contributed by atoms with E-state index in [1.807, 2.05) is 6.07 Å². The largest absolute Gasteiger partial charge is 0.483 e. The average molecular weight is 379 g/mol. The molecular weight excluding hydrogens is 367 g/mol. The van der Waals surface area contributed by atoms with E-state index < -0.39 is 5.82 Å². The van der Waals surface area contributed by atoms with Gasteiger partial charge in [-0.3, -0.25) is 4.79 Å². The SMILES string of the molecule is N#CCOc1ccc(NC(=O)COc2ccc(F)cc2Br)cc1. The maximum Gasteiger partial charge on any atom is 0.262 e. The molecule has 0 saturated carbocycles. The Labute approximate surface area is 140 Å². The molecule has 0 atom stereocenters. The minimum Gasteiger partial charge on any atom is -0.483 e. The third-order valence-corrected chi connectivity index (χ3v) is 3.31. The first-order valence-electron chi connectivity index (χ1n) is 6.56. The molecule has 2 aromatic rings. The maximum absolute atomic E-state index is 13.0. The van der Waals surface area contributed by atoms with Gasteiger partial charge in [0, 0.05) is 5.69 Å². The molecule has 0 radical (unpaired) electrons. The molecular formula is C16H12BrFN2O3. The highest BCUT2D eigenvalue weighted by Crippen LogP contribution is 2.25. The summed E-state index contributed by atoms with van der Waals surface area (Å²) in [4.78, 5) is 11.8. The van der Waals surface area contributed by atoms with Crippen molar-refractivity contribution in [3.8, 4) is 17.6 Å². The van der Waals surface area contributed by atoms with Gasteiger partial charge in [-0.05, 0) is 58.4 Å². The van der Waals surface area contributed by atoms with Crippen LogP contribution in [0.5, 0.6) is 11.5 Å². The molecule has 1 N–H and O–H groups in total. The van der Waals surface area contributed by atoms with Crippen molar-refractivity contribution in [1.82, 2.24) is 0 Å². The van der Waals surface area contributed by atoms with Gasteiger partial charge >= 0.3 is 0 Å². The highest BCUT2D eigenvalue weighted by atomic mass is 79.9. The van der Waals surface area contributed by atoms with Gasteiger partial charge in [0.2, 0.25) is 0 Å². The highest BCUT2D eigenvalue weighted by molar-refractivity contribution is 9.10. The quantitative estimate of drug-likeness (QED) is 0.834. The molecule has 2 aromatic carbocycles. The molecule has 2 rings (SSSR count). The number of hydrogen-bond acceptors (Lipinski definition) is 4. The minimum atomic E-state index is -0.396. The van der Waals surface area contributed by atoms with Crippen molar-refractivity contribution in [2.24, 2.45) is 0 Å². The Balaban J connectivity index is 1.86. The first-order valence-corrected chi connectivity index (χ1v) is 7.35. The number of carbonyl (C=O) groups excluding carboxylic acids is 1. The summed E-state index contributed by atoms with van der Waals surface area (Å²) in [6, 6.07) is 12.4. The zero-order valence-electron chi connectivity index (χ0n) is 11.9. The lowest BCUT2D eigenvalue weighted by Crippen LogP contribution is -2.20. The first kappa shape index (κ1) is 16.8. The van der Waals surface area contributed by atoms with Crippen LogP contribution < -0.4 is 14.8 Å². The number of benzene rings is 2. The number of carbonyl (C=O) groups is 1. The van der Waals surface area contributed by atoms with Crippen molar-refractivity contribution in [2.75, 3.05) is 18.5 Å². The summed E-state index contributed by atoms with van der Waals surface area (Å²) in [7, 11) is 0. The van der Waals surface area contributed by atoms with Gasteiger partial charge in [0.1, 0.15) is 23.4 Å². The second-order valence-electron chi connectivity index (χ2n) is 4.38. The number of rotatable bonds is 6. The first-order chi connectivity index (χ1) is 11.1. The van der Waals surface area contributed by atoms with Crippen LogP contribution in [0.3, 0.4) is 0 Å². The van der Waals surface area contributed by atoms with Crippen molar-refractivity contribution in [3.05, 3.63) is 52.8 Å². The van der Waals surface area contributed by atoms with Crippen molar-refractivity contribution < 1.29 is 18.7 Å². The topological polar surface area (TPSA) is 71.3 Å². The molecule has 0 heterocycles. The monoisotopic (exact) mass is 378 g/mol. The fourth-order valence-corrected chi connectivity index (χ4v) is 2.15. The fourth-order valence-electron chi connectivity index (χ4n) is 1.68. The molecule has 118 valence electrons. The van der Waals surface area contributed by atoms with Crippen LogP contribution in [0.15, 0.2) is 46.9 Å². The number of ether oxygens (including phenoxy) is 2. The lowest BCUT2D eigenvalue weighted by atomic mass is 10.3. The Morgan fingerprint density at radius 2 is 1.96 bits per heavy atom. The second-order valence-corrected chi connectivity index (χ2v) is 5.24. The summed E-state index contributed by atoms with van der Waals surface area (Å²) in [5, 5.41) is 11.1. The number of nitrogens with zero attached hydrogens (tertiary/aromatic N) is 1. The normalized spacial score (nSPS) is 9.78. The molecule has 0 saturated heterocycles. The van der Waals surface area contributed by atoms with E-state index in [-0.39, 0.29) is 19.1 Å². The molecule has 0 aromatic heterocycles. The van der Waals surface area contributed by atoms with Gasteiger partial charge in [0.15, 0.2) is 13.2 Å². The lowest BCUT2D eigenvalue weighted by Gasteiger charge is -2.09. The molecule has 1 amide bonds. The summed E-state index contributed by atoms with van der Waals surface area (Å²) in [5.41, 5.74) is 0.570. The highest BCUT2D eigenvalue weighted by Gasteiger charge is 2.07. The molecule has 7 heteroatoms. The summed E-state index contributed by atoms with van der Waals surface area (Å²) in [5.74, 6) is 0.164. The Kier molecular flexibility index (Phi) is 5.94. The Bertz CT molecular complexity index is 729. The van der Waals surface area contributed by atoms with Crippen LogP contribution in [0.4, 0.5) is 10.1 Å². The van der Waals surface area contributed by atoms with Crippen molar-refractivity contribution in [3.63, 3.8) is 0 Å². The molecule has 23 heavy (non-hydrogen) atoms. The number of amides is 1. The minimum absolute atomic E-state index is 0.0356. The molecule has 0 aliphatic heterocycles. The third-order valence-electron chi connectivity index (χ3n) is 2.69. The molecule has 0 aliphatic rings. The zero-order valence-corrected chi connectivity index (χ0v) is 13.5. The Hall–Kier alpha value is -2.59. The number of anilines is 1. The van der Waals surface area contributed by atoms with Gasteiger partial charge in [-0.1, -0.05) is 0 Å². The van der Waals surface area contributed by atoms with Gasteiger partial charge in [-0.15, -0.1) is 0 Å². The van der Waals surface area contributed by atoms with E-state index in [0.29, 0.717) is 21.7 Å². The summed E-state index contributed by atoms with van der Waals surface area (Å²) in [6.07, 6.45) is 0. The van der Waals surface area contributed by atoms with Crippen LogP contribution in [0.2, 0.25) is 0 Å². The molecule has 0 aliphatic carbocycles. The smallest absolute Gasteiger partial charge is 0.262 e. The Morgan fingerprint density at radius 1 is 1.22 bits per heavy atom. The van der Waals surface area contributed by atoms with Crippen LogP contribution in [0.1, 0.15) is 0 Å².